The fraction of sp³-hybridized carbons (Fsp3) is 0.167. The second-order valence-corrected chi connectivity index (χ2v) is 5.94. The Labute approximate surface area is 128 Å². The zero-order valence-electron chi connectivity index (χ0n) is 10.7. The number of nitrogens with zero attached hydrogens (tertiary/aromatic N) is 2. The van der Waals surface area contributed by atoms with Crippen LogP contribution in [0.4, 0.5) is 9.93 Å². The Hall–Kier alpha value is -2.13. The Bertz CT molecular complexity index is 618. The molecule has 2 rings (SSSR count). The van der Waals surface area contributed by atoms with E-state index in [0.29, 0.717) is 4.34 Å². The standard InChI is InChI=1S/C12H11N3O4S2/c16-9(17)7-20-12-15-14-10(21-12)13-11(18)19-6-8-4-2-1-3-5-8/h1-5H,6-7H2,(H,16,17)(H,13,14,18). The highest BCUT2D eigenvalue weighted by atomic mass is 32.2. The number of nitrogens with one attached hydrogen (secondary N) is 1. The minimum atomic E-state index is -0.938. The van der Waals surface area contributed by atoms with Gasteiger partial charge in [-0.25, -0.2) is 4.79 Å². The quantitative estimate of drug-likeness (QED) is 0.621. The molecule has 9 heteroatoms. The van der Waals surface area contributed by atoms with Crippen LogP contribution in [0.2, 0.25) is 0 Å². The second kappa shape index (κ2) is 7.60. The number of rotatable bonds is 6. The van der Waals surface area contributed by atoms with Gasteiger partial charge in [0.05, 0.1) is 5.75 Å². The highest BCUT2D eigenvalue weighted by Crippen LogP contribution is 2.25. The first-order valence-corrected chi connectivity index (χ1v) is 7.59. The van der Waals surface area contributed by atoms with E-state index in [9.17, 15) is 9.59 Å². The molecule has 0 atom stereocenters. The number of amides is 1. The van der Waals surface area contributed by atoms with Gasteiger partial charge in [-0.05, 0) is 5.56 Å². The van der Waals surface area contributed by atoms with Crippen LogP contribution in [0.1, 0.15) is 5.56 Å². The van der Waals surface area contributed by atoms with Gasteiger partial charge >= 0.3 is 12.1 Å². The Kier molecular flexibility index (Phi) is 5.52. The summed E-state index contributed by atoms with van der Waals surface area (Å²) < 4.78 is 5.50. The number of ether oxygens (including phenoxy) is 1. The molecule has 0 bridgehead atoms. The van der Waals surface area contributed by atoms with Crippen LogP contribution in [0.25, 0.3) is 0 Å². The number of carbonyl (C=O) groups is 2. The molecule has 0 saturated carbocycles. The van der Waals surface area contributed by atoms with E-state index in [1.165, 1.54) is 0 Å². The van der Waals surface area contributed by atoms with Crippen molar-refractivity contribution in [2.24, 2.45) is 0 Å². The van der Waals surface area contributed by atoms with E-state index in [-0.39, 0.29) is 17.5 Å². The van der Waals surface area contributed by atoms with Crippen molar-refractivity contribution in [2.45, 2.75) is 10.9 Å². The van der Waals surface area contributed by atoms with Crippen molar-refractivity contribution in [3.05, 3.63) is 35.9 Å². The summed E-state index contributed by atoms with van der Waals surface area (Å²) in [5.41, 5.74) is 0.877. The first-order chi connectivity index (χ1) is 10.1. The summed E-state index contributed by atoms with van der Waals surface area (Å²) in [4.78, 5) is 22.0. The molecule has 0 saturated heterocycles. The molecule has 7 nitrogen and oxygen atoms in total. The number of carboxylic acids is 1. The van der Waals surface area contributed by atoms with Gasteiger partial charge < -0.3 is 9.84 Å². The van der Waals surface area contributed by atoms with Crippen molar-refractivity contribution in [3.8, 4) is 0 Å². The summed E-state index contributed by atoms with van der Waals surface area (Å²) in [6, 6.07) is 9.28. The number of hydrogen-bond acceptors (Lipinski definition) is 7. The van der Waals surface area contributed by atoms with E-state index in [0.717, 1.165) is 28.7 Å². The number of benzene rings is 1. The summed E-state index contributed by atoms with van der Waals surface area (Å²) in [5.74, 6) is -1.04. The van der Waals surface area contributed by atoms with Crippen LogP contribution in [0.5, 0.6) is 0 Å². The van der Waals surface area contributed by atoms with Gasteiger partial charge in [0.1, 0.15) is 6.61 Å². The molecule has 2 aromatic rings. The number of hydrogen-bond donors (Lipinski definition) is 2. The Morgan fingerprint density at radius 1 is 1.29 bits per heavy atom. The van der Waals surface area contributed by atoms with Crippen molar-refractivity contribution in [1.29, 1.82) is 0 Å². The highest BCUT2D eigenvalue weighted by Gasteiger charge is 2.10. The molecule has 1 aromatic carbocycles. The minimum Gasteiger partial charge on any atom is -0.481 e. The van der Waals surface area contributed by atoms with Gasteiger partial charge in [-0.2, -0.15) is 0 Å². The SMILES string of the molecule is O=C(O)CSc1nnc(NC(=O)OCc2ccccc2)s1. The highest BCUT2D eigenvalue weighted by molar-refractivity contribution is 8.01. The minimum absolute atomic E-state index is 0.104. The monoisotopic (exact) mass is 325 g/mol. The number of anilines is 1. The van der Waals surface area contributed by atoms with E-state index in [1.807, 2.05) is 30.3 Å². The van der Waals surface area contributed by atoms with Crippen molar-refractivity contribution in [3.63, 3.8) is 0 Å². The fourth-order valence-electron chi connectivity index (χ4n) is 1.29. The van der Waals surface area contributed by atoms with Crippen molar-refractivity contribution in [1.82, 2.24) is 10.2 Å². The molecule has 2 N–H and O–H groups in total. The molecule has 110 valence electrons. The maximum absolute atomic E-state index is 11.6. The number of aromatic nitrogens is 2. The first-order valence-electron chi connectivity index (χ1n) is 5.79. The van der Waals surface area contributed by atoms with Crippen LogP contribution in [0.15, 0.2) is 34.7 Å². The summed E-state index contributed by atoms with van der Waals surface area (Å²) in [6.07, 6.45) is -0.634. The average molecular weight is 325 g/mol. The molecule has 0 aliphatic heterocycles. The Balaban J connectivity index is 1.78. The van der Waals surface area contributed by atoms with Gasteiger partial charge in [-0.1, -0.05) is 53.4 Å². The summed E-state index contributed by atoms with van der Waals surface area (Å²) in [5, 5.41) is 18.7. The molecular weight excluding hydrogens is 314 g/mol. The van der Waals surface area contributed by atoms with Crippen LogP contribution in [-0.4, -0.2) is 33.1 Å². The van der Waals surface area contributed by atoms with Crippen LogP contribution in [-0.2, 0) is 16.1 Å². The van der Waals surface area contributed by atoms with Gasteiger partial charge in [0.2, 0.25) is 5.13 Å². The molecule has 21 heavy (non-hydrogen) atoms. The zero-order valence-corrected chi connectivity index (χ0v) is 12.3. The lowest BCUT2D eigenvalue weighted by Crippen LogP contribution is -2.13. The Morgan fingerprint density at radius 2 is 2.05 bits per heavy atom. The van der Waals surface area contributed by atoms with E-state index in [4.69, 9.17) is 9.84 Å². The summed E-state index contributed by atoms with van der Waals surface area (Å²) in [7, 11) is 0. The van der Waals surface area contributed by atoms with E-state index >= 15 is 0 Å². The summed E-state index contributed by atoms with van der Waals surface area (Å²) in [6.45, 7) is 0.159. The number of carbonyl (C=O) groups excluding carboxylic acids is 1. The Morgan fingerprint density at radius 3 is 2.76 bits per heavy atom. The fourth-order valence-corrected chi connectivity index (χ4v) is 2.75. The molecular formula is C12H11N3O4S2. The van der Waals surface area contributed by atoms with Crippen LogP contribution < -0.4 is 5.32 Å². The zero-order chi connectivity index (χ0) is 15.1. The molecule has 1 heterocycles. The second-order valence-electron chi connectivity index (χ2n) is 3.74. The van der Waals surface area contributed by atoms with Gasteiger partial charge in [-0.3, -0.25) is 10.1 Å². The summed E-state index contributed by atoms with van der Waals surface area (Å²) >= 11 is 2.13. The lowest BCUT2D eigenvalue weighted by Gasteiger charge is -2.04. The van der Waals surface area contributed by atoms with E-state index in [1.54, 1.807) is 0 Å². The molecule has 0 unspecified atom stereocenters. The van der Waals surface area contributed by atoms with Crippen LogP contribution in [0.3, 0.4) is 0 Å². The van der Waals surface area contributed by atoms with Gasteiger partial charge in [0.15, 0.2) is 4.34 Å². The van der Waals surface area contributed by atoms with Crippen molar-refractivity contribution in [2.75, 3.05) is 11.1 Å². The number of carboxylic acid groups (broad SMARTS) is 1. The van der Waals surface area contributed by atoms with E-state index in [2.05, 4.69) is 15.5 Å². The topological polar surface area (TPSA) is 101 Å². The lowest BCUT2D eigenvalue weighted by molar-refractivity contribution is -0.133. The first kappa shape index (κ1) is 15.3. The van der Waals surface area contributed by atoms with Gasteiger partial charge in [-0.15, -0.1) is 10.2 Å². The molecule has 0 spiro atoms. The normalized spacial score (nSPS) is 10.1. The maximum Gasteiger partial charge on any atom is 0.413 e. The van der Waals surface area contributed by atoms with Crippen LogP contribution in [0, 0.1) is 0 Å². The third kappa shape index (κ3) is 5.40. The molecule has 0 aliphatic rings. The van der Waals surface area contributed by atoms with Gasteiger partial charge in [0, 0.05) is 0 Å². The molecule has 1 aromatic heterocycles. The third-order valence-corrected chi connectivity index (χ3v) is 4.10. The van der Waals surface area contributed by atoms with E-state index < -0.39 is 12.1 Å². The predicted octanol–water partition coefficient (Wildman–Crippen LogP) is 2.46. The molecule has 0 fully saturated rings. The largest absolute Gasteiger partial charge is 0.481 e. The van der Waals surface area contributed by atoms with Gasteiger partial charge in [0.25, 0.3) is 0 Å². The lowest BCUT2D eigenvalue weighted by atomic mass is 10.2. The van der Waals surface area contributed by atoms with Crippen LogP contribution >= 0.6 is 23.1 Å². The predicted molar refractivity (Wildman–Crippen MR) is 78.5 cm³/mol. The number of aliphatic carboxylic acids is 1. The molecule has 0 radical (unpaired) electrons. The van der Waals surface area contributed by atoms with Crippen molar-refractivity contribution < 1.29 is 19.4 Å². The maximum atomic E-state index is 11.6. The smallest absolute Gasteiger partial charge is 0.413 e. The number of thioether (sulfide) groups is 1. The van der Waals surface area contributed by atoms with Crippen molar-refractivity contribution >= 4 is 40.3 Å². The molecule has 0 aliphatic carbocycles. The average Bonchev–Trinajstić information content (AvgIpc) is 2.91. The third-order valence-electron chi connectivity index (χ3n) is 2.15. The molecule has 1 amide bonds.